The number of amides is 2. The topological polar surface area (TPSA) is 102 Å². The SMILES string of the molecule is CN1C(=O)[C@@H](NC(=O)c2nc3nncc-3cn2C2CCCC2)COc2ccccc21. The van der Waals surface area contributed by atoms with Crippen LogP contribution in [-0.2, 0) is 4.79 Å². The number of para-hydroxylation sites is 2. The summed E-state index contributed by atoms with van der Waals surface area (Å²) in [5.74, 6) is 0.607. The second kappa shape index (κ2) is 7.40. The highest BCUT2D eigenvalue weighted by Gasteiger charge is 2.32. The largest absolute Gasteiger partial charge is 0.489 e. The van der Waals surface area contributed by atoms with Gasteiger partial charge in [-0.15, -0.1) is 5.10 Å². The van der Waals surface area contributed by atoms with Crippen LogP contribution in [-0.4, -0.2) is 51.3 Å². The Morgan fingerprint density at radius 1 is 1.23 bits per heavy atom. The van der Waals surface area contributed by atoms with E-state index in [2.05, 4.69) is 20.5 Å². The van der Waals surface area contributed by atoms with Gasteiger partial charge in [-0.05, 0) is 25.0 Å². The van der Waals surface area contributed by atoms with Crippen molar-refractivity contribution in [3.8, 4) is 17.1 Å². The number of hydrogen-bond acceptors (Lipinski definition) is 6. The first-order valence-electron chi connectivity index (χ1n) is 10.1. The summed E-state index contributed by atoms with van der Waals surface area (Å²) >= 11 is 0. The van der Waals surface area contributed by atoms with E-state index in [1.54, 1.807) is 19.3 Å². The first kappa shape index (κ1) is 18.5. The summed E-state index contributed by atoms with van der Waals surface area (Å²) in [6.45, 7) is 0.0494. The lowest BCUT2D eigenvalue weighted by Gasteiger charge is -2.23. The van der Waals surface area contributed by atoms with E-state index < -0.39 is 11.9 Å². The number of nitrogens with zero attached hydrogens (tertiary/aromatic N) is 5. The third kappa shape index (κ3) is 3.16. The van der Waals surface area contributed by atoms with Crippen LogP contribution < -0.4 is 15.0 Å². The quantitative estimate of drug-likeness (QED) is 0.714. The van der Waals surface area contributed by atoms with Crippen LogP contribution in [0.4, 0.5) is 5.69 Å². The van der Waals surface area contributed by atoms with E-state index in [1.165, 1.54) is 4.90 Å². The van der Waals surface area contributed by atoms with Gasteiger partial charge in [0.25, 0.3) is 11.8 Å². The molecule has 9 heteroatoms. The van der Waals surface area contributed by atoms with Gasteiger partial charge >= 0.3 is 0 Å². The van der Waals surface area contributed by atoms with Gasteiger partial charge in [0.05, 0.1) is 17.4 Å². The third-order valence-corrected chi connectivity index (χ3v) is 5.83. The first-order chi connectivity index (χ1) is 14.6. The summed E-state index contributed by atoms with van der Waals surface area (Å²) in [6, 6.07) is 6.69. The molecule has 3 heterocycles. The lowest BCUT2D eigenvalue weighted by Crippen LogP contribution is -2.50. The van der Waals surface area contributed by atoms with Gasteiger partial charge in [-0.25, -0.2) is 4.98 Å². The van der Waals surface area contributed by atoms with Crippen molar-refractivity contribution in [2.75, 3.05) is 18.6 Å². The van der Waals surface area contributed by atoms with Crippen LogP contribution in [0.1, 0.15) is 42.3 Å². The maximum Gasteiger partial charge on any atom is 0.288 e. The van der Waals surface area contributed by atoms with Gasteiger partial charge in [0.15, 0.2) is 5.82 Å². The number of aromatic nitrogens is 4. The second-order valence-corrected chi connectivity index (χ2v) is 7.74. The van der Waals surface area contributed by atoms with Crippen molar-refractivity contribution >= 4 is 17.5 Å². The van der Waals surface area contributed by atoms with E-state index in [0.29, 0.717) is 17.3 Å². The van der Waals surface area contributed by atoms with E-state index in [-0.39, 0.29) is 24.4 Å². The fourth-order valence-corrected chi connectivity index (χ4v) is 4.22. The van der Waals surface area contributed by atoms with Gasteiger partial charge in [0, 0.05) is 19.3 Å². The Balaban J connectivity index is 1.44. The number of likely N-dealkylation sites (N-methyl/N-ethyl adjacent to an activating group) is 1. The molecule has 1 saturated carbocycles. The van der Waals surface area contributed by atoms with Gasteiger partial charge < -0.3 is 19.5 Å². The van der Waals surface area contributed by atoms with Crippen LogP contribution in [0.15, 0.2) is 36.7 Å². The standard InChI is InChI=1S/C21H22N6O3/c1-26-16-8-4-5-9-17(16)30-12-15(21(26)29)23-20(28)19-24-18-13(10-22-25-18)11-27(19)14-6-2-3-7-14/h4-5,8-11,14-15H,2-3,6-7,12H2,1H3,(H,23,28)/t15-/m0/s1. The number of carbonyl (C=O) groups is 2. The molecule has 9 nitrogen and oxygen atoms in total. The van der Waals surface area contributed by atoms with Crippen LogP contribution in [0.5, 0.6) is 5.75 Å². The highest BCUT2D eigenvalue weighted by molar-refractivity contribution is 6.02. The summed E-state index contributed by atoms with van der Waals surface area (Å²) < 4.78 is 7.71. The van der Waals surface area contributed by atoms with E-state index >= 15 is 0 Å². The van der Waals surface area contributed by atoms with Gasteiger partial charge in [-0.3, -0.25) is 9.59 Å². The molecule has 0 unspecified atom stereocenters. The number of benzene rings is 1. The second-order valence-electron chi connectivity index (χ2n) is 7.74. The molecule has 2 amide bonds. The van der Waals surface area contributed by atoms with E-state index in [4.69, 9.17) is 4.74 Å². The molecule has 3 aliphatic heterocycles. The number of rotatable bonds is 3. The molecule has 0 spiro atoms. The minimum absolute atomic E-state index is 0.0494. The molecule has 154 valence electrons. The van der Waals surface area contributed by atoms with Gasteiger partial charge in [-0.1, -0.05) is 25.0 Å². The minimum Gasteiger partial charge on any atom is -0.489 e. The molecule has 1 N–H and O–H groups in total. The molecule has 1 aliphatic carbocycles. The summed E-state index contributed by atoms with van der Waals surface area (Å²) in [5, 5.41) is 10.7. The van der Waals surface area contributed by atoms with Crippen molar-refractivity contribution in [3.05, 3.63) is 42.5 Å². The lowest BCUT2D eigenvalue weighted by molar-refractivity contribution is -0.120. The summed E-state index contributed by atoms with van der Waals surface area (Å²) in [4.78, 5) is 32.2. The van der Waals surface area contributed by atoms with E-state index in [9.17, 15) is 9.59 Å². The summed E-state index contributed by atoms with van der Waals surface area (Å²) in [7, 11) is 1.68. The van der Waals surface area contributed by atoms with Crippen molar-refractivity contribution in [2.45, 2.75) is 37.8 Å². The van der Waals surface area contributed by atoms with Crippen LogP contribution in [0.2, 0.25) is 0 Å². The predicted molar refractivity (Wildman–Crippen MR) is 109 cm³/mol. The average Bonchev–Trinajstić information content (AvgIpc) is 3.44. The van der Waals surface area contributed by atoms with Crippen molar-refractivity contribution in [2.24, 2.45) is 0 Å². The Morgan fingerprint density at radius 3 is 2.87 bits per heavy atom. The van der Waals surface area contributed by atoms with E-state index in [1.807, 2.05) is 29.0 Å². The molecule has 30 heavy (non-hydrogen) atoms. The Morgan fingerprint density at radius 2 is 2.03 bits per heavy atom. The molecule has 1 aromatic carbocycles. The van der Waals surface area contributed by atoms with Gasteiger partial charge in [0.2, 0.25) is 5.82 Å². The molecule has 1 atom stereocenters. The molecule has 0 saturated heterocycles. The van der Waals surface area contributed by atoms with Crippen LogP contribution in [0.25, 0.3) is 11.4 Å². The Kier molecular flexibility index (Phi) is 4.57. The molecule has 0 aromatic heterocycles. The van der Waals surface area contributed by atoms with Gasteiger partial charge in [-0.2, -0.15) is 5.10 Å². The van der Waals surface area contributed by atoms with Crippen molar-refractivity contribution in [1.29, 1.82) is 0 Å². The molecule has 1 fully saturated rings. The first-order valence-corrected chi connectivity index (χ1v) is 10.1. The van der Waals surface area contributed by atoms with Crippen LogP contribution >= 0.6 is 0 Å². The minimum atomic E-state index is -0.824. The van der Waals surface area contributed by atoms with Crippen LogP contribution in [0, 0.1) is 0 Å². The number of hydrogen-bond donors (Lipinski definition) is 1. The van der Waals surface area contributed by atoms with Gasteiger partial charge in [0.1, 0.15) is 18.4 Å². The molecule has 4 aliphatic rings. The smallest absolute Gasteiger partial charge is 0.288 e. The number of fused-ring (bicyclic) bond motifs is 2. The highest BCUT2D eigenvalue weighted by Crippen LogP contribution is 2.32. The Labute approximate surface area is 173 Å². The zero-order valence-corrected chi connectivity index (χ0v) is 16.6. The van der Waals surface area contributed by atoms with Crippen molar-refractivity contribution < 1.29 is 14.3 Å². The number of nitrogens with one attached hydrogen (secondary N) is 1. The van der Waals surface area contributed by atoms with E-state index in [0.717, 1.165) is 31.2 Å². The lowest BCUT2D eigenvalue weighted by atomic mass is 10.2. The average molecular weight is 406 g/mol. The number of carbonyl (C=O) groups excluding carboxylic acids is 2. The zero-order valence-electron chi connectivity index (χ0n) is 16.6. The maximum atomic E-state index is 13.2. The fourth-order valence-electron chi connectivity index (χ4n) is 4.22. The normalized spacial score (nSPS) is 19.4. The Hall–Kier alpha value is -3.49. The zero-order chi connectivity index (χ0) is 20.7. The monoisotopic (exact) mass is 406 g/mol. The predicted octanol–water partition coefficient (Wildman–Crippen LogP) is 2.05. The van der Waals surface area contributed by atoms with Crippen molar-refractivity contribution in [3.63, 3.8) is 0 Å². The summed E-state index contributed by atoms with van der Waals surface area (Å²) in [6.07, 6.45) is 7.75. The number of ether oxygens (including phenoxy) is 1. The number of anilines is 1. The fraction of sp³-hybridized carbons (Fsp3) is 0.381. The molecule has 1 aromatic rings. The molecular formula is C21H22N6O3. The maximum absolute atomic E-state index is 13.2. The Bertz CT molecular complexity index is 1070. The molecule has 5 rings (SSSR count). The summed E-state index contributed by atoms with van der Waals surface area (Å²) in [5.41, 5.74) is 1.47. The highest BCUT2D eigenvalue weighted by atomic mass is 16.5. The third-order valence-electron chi connectivity index (χ3n) is 5.83. The molecular weight excluding hydrogens is 384 g/mol. The molecule has 0 radical (unpaired) electrons. The van der Waals surface area contributed by atoms with Crippen molar-refractivity contribution in [1.82, 2.24) is 25.1 Å². The molecule has 0 bridgehead atoms. The van der Waals surface area contributed by atoms with Crippen LogP contribution in [0.3, 0.4) is 0 Å².